The fourth-order valence-electron chi connectivity index (χ4n) is 2.92. The number of nitrogens with one attached hydrogen (secondary N) is 1. The standard InChI is InChI=1S/C17H15BrN4O2/c18-12-7-13(24-10-12)8-22-6-3-15-14(9-22)17(23)21-16(20-15)11-1-4-19-5-2-11/h1-2,4-5,7,10H,3,6,8-9H2,(H,20,21,23). The van der Waals surface area contributed by atoms with Crippen molar-refractivity contribution >= 4 is 15.9 Å². The lowest BCUT2D eigenvalue weighted by Crippen LogP contribution is -2.35. The molecule has 7 heteroatoms. The number of nitrogens with zero attached hydrogens (tertiary/aromatic N) is 3. The maximum atomic E-state index is 12.5. The first-order valence-corrected chi connectivity index (χ1v) is 8.46. The minimum absolute atomic E-state index is 0.0721. The van der Waals surface area contributed by atoms with Crippen LogP contribution in [-0.4, -0.2) is 26.4 Å². The Kier molecular flexibility index (Phi) is 4.03. The number of hydrogen-bond donors (Lipinski definition) is 1. The molecule has 3 aromatic heterocycles. The van der Waals surface area contributed by atoms with Crippen LogP contribution in [0.3, 0.4) is 0 Å². The number of aromatic amines is 1. The van der Waals surface area contributed by atoms with Gasteiger partial charge in [0.2, 0.25) is 0 Å². The van der Waals surface area contributed by atoms with Gasteiger partial charge in [0.05, 0.1) is 22.3 Å². The van der Waals surface area contributed by atoms with Crippen LogP contribution >= 0.6 is 15.9 Å². The number of H-pyrrole nitrogens is 1. The molecule has 3 aromatic rings. The van der Waals surface area contributed by atoms with Crippen molar-refractivity contribution in [3.63, 3.8) is 0 Å². The Morgan fingerprint density at radius 2 is 2.17 bits per heavy atom. The van der Waals surface area contributed by atoms with Crippen LogP contribution in [0.2, 0.25) is 0 Å². The summed E-state index contributed by atoms with van der Waals surface area (Å²) in [5.74, 6) is 1.48. The van der Waals surface area contributed by atoms with E-state index in [-0.39, 0.29) is 5.56 Å². The summed E-state index contributed by atoms with van der Waals surface area (Å²) in [6, 6.07) is 5.63. The molecule has 0 saturated heterocycles. The molecular weight excluding hydrogens is 372 g/mol. The molecule has 0 aromatic carbocycles. The van der Waals surface area contributed by atoms with Crippen molar-refractivity contribution in [2.24, 2.45) is 0 Å². The minimum Gasteiger partial charge on any atom is -0.467 e. The van der Waals surface area contributed by atoms with Crippen LogP contribution in [0.5, 0.6) is 0 Å². The predicted molar refractivity (Wildman–Crippen MR) is 92.3 cm³/mol. The zero-order valence-electron chi connectivity index (χ0n) is 12.8. The Morgan fingerprint density at radius 1 is 1.33 bits per heavy atom. The van der Waals surface area contributed by atoms with Crippen molar-refractivity contribution in [1.29, 1.82) is 0 Å². The average Bonchev–Trinajstić information content (AvgIpc) is 3.01. The summed E-state index contributed by atoms with van der Waals surface area (Å²) >= 11 is 3.38. The highest BCUT2D eigenvalue weighted by Crippen LogP contribution is 2.21. The summed E-state index contributed by atoms with van der Waals surface area (Å²) in [5, 5.41) is 0. The zero-order chi connectivity index (χ0) is 16.5. The molecule has 0 unspecified atom stereocenters. The van der Waals surface area contributed by atoms with Gasteiger partial charge in [0.25, 0.3) is 5.56 Å². The molecule has 6 nitrogen and oxygen atoms in total. The van der Waals surface area contributed by atoms with Gasteiger partial charge in [-0.05, 0) is 34.1 Å². The molecule has 122 valence electrons. The smallest absolute Gasteiger partial charge is 0.255 e. The van der Waals surface area contributed by atoms with Crippen molar-refractivity contribution < 1.29 is 4.42 Å². The average molecular weight is 387 g/mol. The Balaban J connectivity index is 1.59. The van der Waals surface area contributed by atoms with Gasteiger partial charge in [-0.3, -0.25) is 14.7 Å². The van der Waals surface area contributed by atoms with Crippen molar-refractivity contribution in [2.75, 3.05) is 6.54 Å². The summed E-state index contributed by atoms with van der Waals surface area (Å²) in [4.78, 5) is 26.2. The van der Waals surface area contributed by atoms with E-state index in [4.69, 9.17) is 4.42 Å². The van der Waals surface area contributed by atoms with E-state index < -0.39 is 0 Å². The van der Waals surface area contributed by atoms with Gasteiger partial charge in [0, 0.05) is 37.5 Å². The van der Waals surface area contributed by atoms with Crippen LogP contribution < -0.4 is 5.56 Å². The highest BCUT2D eigenvalue weighted by Gasteiger charge is 2.22. The SMILES string of the molecule is O=c1[nH]c(-c2ccncc2)nc2c1CN(Cc1cc(Br)co1)CC2. The fourth-order valence-corrected chi connectivity index (χ4v) is 3.27. The van der Waals surface area contributed by atoms with E-state index in [2.05, 4.69) is 35.8 Å². The molecule has 1 aliphatic heterocycles. The van der Waals surface area contributed by atoms with Gasteiger partial charge in [-0.2, -0.15) is 0 Å². The van der Waals surface area contributed by atoms with Crippen LogP contribution in [0.25, 0.3) is 11.4 Å². The van der Waals surface area contributed by atoms with Gasteiger partial charge in [-0.25, -0.2) is 4.98 Å². The molecule has 0 aliphatic carbocycles. The van der Waals surface area contributed by atoms with E-state index in [0.29, 0.717) is 18.9 Å². The van der Waals surface area contributed by atoms with E-state index in [0.717, 1.165) is 40.0 Å². The number of fused-ring (bicyclic) bond motifs is 1. The third-order valence-corrected chi connectivity index (χ3v) is 4.52. The number of hydrogen-bond acceptors (Lipinski definition) is 5. The van der Waals surface area contributed by atoms with Crippen LogP contribution in [0.1, 0.15) is 17.0 Å². The Morgan fingerprint density at radius 3 is 2.92 bits per heavy atom. The number of furan rings is 1. The normalized spacial score (nSPS) is 14.5. The van der Waals surface area contributed by atoms with E-state index in [1.165, 1.54) is 0 Å². The van der Waals surface area contributed by atoms with Crippen molar-refractivity contribution in [2.45, 2.75) is 19.5 Å². The van der Waals surface area contributed by atoms with Crippen LogP contribution in [0, 0.1) is 0 Å². The molecule has 0 bridgehead atoms. The second-order valence-electron chi connectivity index (χ2n) is 5.77. The number of halogens is 1. The van der Waals surface area contributed by atoms with Crippen molar-refractivity contribution in [3.05, 3.63) is 68.7 Å². The molecule has 0 atom stereocenters. The van der Waals surface area contributed by atoms with Crippen LogP contribution in [0.4, 0.5) is 0 Å². The molecule has 1 N–H and O–H groups in total. The summed E-state index contributed by atoms with van der Waals surface area (Å²) in [6.45, 7) is 2.10. The quantitative estimate of drug-likeness (QED) is 0.748. The first kappa shape index (κ1) is 15.3. The lowest BCUT2D eigenvalue weighted by atomic mass is 10.1. The molecular formula is C17H15BrN4O2. The zero-order valence-corrected chi connectivity index (χ0v) is 14.4. The monoisotopic (exact) mass is 386 g/mol. The van der Waals surface area contributed by atoms with Gasteiger partial charge < -0.3 is 9.40 Å². The van der Waals surface area contributed by atoms with Gasteiger partial charge in [0.15, 0.2) is 0 Å². The minimum atomic E-state index is -0.0721. The van der Waals surface area contributed by atoms with Crippen molar-refractivity contribution in [3.8, 4) is 11.4 Å². The molecule has 1 aliphatic rings. The van der Waals surface area contributed by atoms with Gasteiger partial charge >= 0.3 is 0 Å². The third kappa shape index (κ3) is 3.05. The molecule has 4 rings (SSSR count). The maximum Gasteiger partial charge on any atom is 0.255 e. The second kappa shape index (κ2) is 6.33. The summed E-state index contributed by atoms with van der Waals surface area (Å²) in [5.41, 5.74) is 2.41. The number of pyridine rings is 1. The van der Waals surface area contributed by atoms with Crippen molar-refractivity contribution in [1.82, 2.24) is 19.9 Å². The Labute approximate surface area is 146 Å². The van der Waals surface area contributed by atoms with E-state index in [1.807, 2.05) is 18.2 Å². The summed E-state index contributed by atoms with van der Waals surface area (Å²) < 4.78 is 6.39. The largest absolute Gasteiger partial charge is 0.467 e. The van der Waals surface area contributed by atoms with Gasteiger partial charge in [-0.15, -0.1) is 0 Å². The third-order valence-electron chi connectivity index (χ3n) is 4.10. The van der Waals surface area contributed by atoms with Gasteiger partial charge in [-0.1, -0.05) is 0 Å². The molecule has 0 amide bonds. The second-order valence-corrected chi connectivity index (χ2v) is 6.68. The molecule has 0 fully saturated rings. The van der Waals surface area contributed by atoms with E-state index in [9.17, 15) is 4.79 Å². The summed E-state index contributed by atoms with van der Waals surface area (Å²) in [7, 11) is 0. The van der Waals surface area contributed by atoms with Gasteiger partial charge in [0.1, 0.15) is 17.8 Å². The first-order chi connectivity index (χ1) is 11.7. The maximum absolute atomic E-state index is 12.5. The number of aromatic nitrogens is 3. The Hall–Kier alpha value is -2.25. The van der Waals surface area contributed by atoms with E-state index >= 15 is 0 Å². The molecule has 24 heavy (non-hydrogen) atoms. The highest BCUT2D eigenvalue weighted by molar-refractivity contribution is 9.10. The molecule has 4 heterocycles. The van der Waals surface area contributed by atoms with Crippen LogP contribution in [-0.2, 0) is 19.5 Å². The van der Waals surface area contributed by atoms with E-state index in [1.54, 1.807) is 18.7 Å². The van der Waals surface area contributed by atoms with Crippen LogP contribution in [0.15, 0.2) is 50.5 Å². The molecule has 0 saturated carbocycles. The molecule has 0 spiro atoms. The number of rotatable bonds is 3. The Bertz CT molecular complexity index is 920. The lowest BCUT2D eigenvalue weighted by Gasteiger charge is -2.26. The highest BCUT2D eigenvalue weighted by atomic mass is 79.9. The lowest BCUT2D eigenvalue weighted by molar-refractivity contribution is 0.222. The topological polar surface area (TPSA) is 75.0 Å². The fraction of sp³-hybridized carbons (Fsp3) is 0.235. The molecule has 0 radical (unpaired) electrons. The summed E-state index contributed by atoms with van der Waals surface area (Å²) in [6.07, 6.45) is 5.80. The first-order valence-electron chi connectivity index (χ1n) is 7.67. The predicted octanol–water partition coefficient (Wildman–Crippen LogP) is 2.75.